The highest BCUT2D eigenvalue weighted by atomic mass is 16.7. The maximum absolute atomic E-state index is 12.6. The van der Waals surface area contributed by atoms with E-state index in [1.807, 2.05) is 12.1 Å². The van der Waals surface area contributed by atoms with Crippen molar-refractivity contribution in [3.8, 4) is 11.5 Å². The first-order valence-electron chi connectivity index (χ1n) is 15.3. The third-order valence-corrected chi connectivity index (χ3v) is 8.88. The number of ether oxygens (including phenoxy) is 4. The molecule has 3 aliphatic rings. The maximum Gasteiger partial charge on any atom is 0.199 e. The zero-order valence-electron chi connectivity index (χ0n) is 23.5. The Kier molecular flexibility index (Phi) is 7.57. The van der Waals surface area contributed by atoms with Crippen molar-refractivity contribution < 1.29 is 24.1 Å². The van der Waals surface area contributed by atoms with Gasteiger partial charge in [-0.2, -0.15) is 0 Å². The fourth-order valence-electron chi connectivity index (χ4n) is 6.59. The third kappa shape index (κ3) is 5.54. The summed E-state index contributed by atoms with van der Waals surface area (Å²) in [5.41, 5.74) is 0.611. The molecule has 7 rings (SSSR count). The van der Waals surface area contributed by atoms with E-state index in [9.17, 15) is 5.11 Å². The second-order valence-corrected chi connectivity index (χ2v) is 11.7. The van der Waals surface area contributed by atoms with E-state index in [1.165, 1.54) is 0 Å². The molecule has 4 aromatic carbocycles. The minimum absolute atomic E-state index is 0.0745. The zero-order chi connectivity index (χ0) is 27.6. The second kappa shape index (κ2) is 11.6. The fraction of sp³-hybridized carbons (Fsp3) is 0.429. The molecule has 0 aliphatic carbocycles. The van der Waals surface area contributed by atoms with Crippen LogP contribution in [0.25, 0.3) is 21.5 Å². The number of fused-ring (bicyclic) bond motifs is 2. The highest BCUT2D eigenvalue weighted by Gasteiger charge is 2.41. The van der Waals surface area contributed by atoms with Gasteiger partial charge in [0.2, 0.25) is 0 Å². The van der Waals surface area contributed by atoms with E-state index in [-0.39, 0.29) is 18.6 Å². The molecule has 0 radical (unpaired) electrons. The highest BCUT2D eigenvalue weighted by Crippen LogP contribution is 2.40. The molecule has 0 aromatic heterocycles. The summed E-state index contributed by atoms with van der Waals surface area (Å²) in [5.74, 6) is 1.63. The summed E-state index contributed by atoms with van der Waals surface area (Å²) < 4.78 is 23.7. The normalized spacial score (nSPS) is 24.8. The summed E-state index contributed by atoms with van der Waals surface area (Å²) in [6, 6.07) is 24.8. The summed E-state index contributed by atoms with van der Waals surface area (Å²) >= 11 is 0. The Hall–Kier alpha value is -3.16. The van der Waals surface area contributed by atoms with Crippen LogP contribution in [-0.4, -0.2) is 43.5 Å². The molecule has 4 aromatic rings. The largest absolute Gasteiger partial charge is 0.465 e. The van der Waals surface area contributed by atoms with Gasteiger partial charge in [0, 0.05) is 18.9 Å². The van der Waals surface area contributed by atoms with Gasteiger partial charge in [0.05, 0.1) is 13.2 Å². The molecule has 0 bridgehead atoms. The number of nitrogens with one attached hydrogen (secondary N) is 1. The standard InChI is InChI=1S/C35H39NO5/c37-35(32-6-5-17-36-32,28-13-9-26-22-30(15-11-24(26)20-28)40-33-7-1-3-18-38-33)29-14-10-27-23-31(16-12-25(27)21-29)41-34-8-2-4-19-39-34/h9-16,20-23,32-34,36-37H,1-8,17-19H2/t32-,33?,34?,35?/m0/s1. The second-order valence-electron chi connectivity index (χ2n) is 11.7. The lowest BCUT2D eigenvalue weighted by Crippen LogP contribution is -2.46. The Morgan fingerprint density at radius 3 is 1.59 bits per heavy atom. The number of hydrogen-bond acceptors (Lipinski definition) is 6. The molecule has 0 amide bonds. The van der Waals surface area contributed by atoms with Crippen LogP contribution in [0.4, 0.5) is 0 Å². The Bertz CT molecular complexity index is 1400. The minimum atomic E-state index is -1.17. The molecular formula is C35H39NO5. The van der Waals surface area contributed by atoms with E-state index >= 15 is 0 Å². The molecule has 2 N–H and O–H groups in total. The van der Waals surface area contributed by atoms with Crippen LogP contribution in [0.5, 0.6) is 11.5 Å². The highest BCUT2D eigenvalue weighted by molar-refractivity contribution is 5.86. The fourth-order valence-corrected chi connectivity index (χ4v) is 6.59. The van der Waals surface area contributed by atoms with Gasteiger partial charge in [0.25, 0.3) is 0 Å². The summed E-state index contributed by atoms with van der Waals surface area (Å²) in [4.78, 5) is 0. The summed E-state index contributed by atoms with van der Waals surface area (Å²) in [6.07, 6.45) is 7.93. The average Bonchev–Trinajstić information content (AvgIpc) is 3.57. The molecule has 2 unspecified atom stereocenters. The van der Waals surface area contributed by atoms with E-state index in [4.69, 9.17) is 18.9 Å². The maximum atomic E-state index is 12.6. The lowest BCUT2D eigenvalue weighted by atomic mass is 9.78. The molecule has 0 saturated carbocycles. The van der Waals surface area contributed by atoms with Crippen molar-refractivity contribution >= 4 is 21.5 Å². The van der Waals surface area contributed by atoms with Crippen LogP contribution < -0.4 is 14.8 Å². The smallest absolute Gasteiger partial charge is 0.199 e. The first kappa shape index (κ1) is 26.7. The number of benzene rings is 4. The van der Waals surface area contributed by atoms with Gasteiger partial charge in [0.1, 0.15) is 17.1 Å². The molecule has 214 valence electrons. The molecule has 41 heavy (non-hydrogen) atoms. The molecule has 0 spiro atoms. The van der Waals surface area contributed by atoms with Crippen molar-refractivity contribution in [2.24, 2.45) is 0 Å². The van der Waals surface area contributed by atoms with Crippen molar-refractivity contribution in [3.63, 3.8) is 0 Å². The predicted molar refractivity (Wildman–Crippen MR) is 160 cm³/mol. The van der Waals surface area contributed by atoms with Gasteiger partial charge in [0.15, 0.2) is 12.6 Å². The van der Waals surface area contributed by atoms with Crippen molar-refractivity contribution in [2.75, 3.05) is 19.8 Å². The molecule has 3 aliphatic heterocycles. The number of rotatable bonds is 7. The third-order valence-electron chi connectivity index (χ3n) is 8.88. The van der Waals surface area contributed by atoms with Gasteiger partial charge in [-0.1, -0.05) is 36.4 Å². The number of aliphatic hydroxyl groups is 1. The average molecular weight is 554 g/mol. The molecule has 3 atom stereocenters. The monoisotopic (exact) mass is 553 g/mol. The summed E-state index contributed by atoms with van der Waals surface area (Å²) in [5, 5.41) is 20.5. The van der Waals surface area contributed by atoms with Crippen molar-refractivity contribution in [1.29, 1.82) is 0 Å². The first-order chi connectivity index (χ1) is 20.1. The summed E-state index contributed by atoms with van der Waals surface area (Å²) in [6.45, 7) is 2.42. The lowest BCUT2D eigenvalue weighted by Gasteiger charge is -2.36. The van der Waals surface area contributed by atoms with Gasteiger partial charge in [-0.15, -0.1) is 0 Å². The van der Waals surface area contributed by atoms with Gasteiger partial charge in [-0.25, -0.2) is 0 Å². The van der Waals surface area contributed by atoms with Crippen LogP contribution in [0.1, 0.15) is 62.5 Å². The van der Waals surface area contributed by atoms with Crippen LogP contribution in [0.15, 0.2) is 72.8 Å². The molecule has 6 heteroatoms. The van der Waals surface area contributed by atoms with Crippen molar-refractivity contribution in [3.05, 3.63) is 83.9 Å². The van der Waals surface area contributed by atoms with E-state index in [2.05, 4.69) is 66.0 Å². The van der Waals surface area contributed by atoms with E-state index in [0.717, 1.165) is 115 Å². The number of hydrogen-bond donors (Lipinski definition) is 2. The van der Waals surface area contributed by atoms with Crippen LogP contribution in [0, 0.1) is 0 Å². The van der Waals surface area contributed by atoms with E-state index < -0.39 is 5.60 Å². The quantitative estimate of drug-likeness (QED) is 0.263. The van der Waals surface area contributed by atoms with Gasteiger partial charge < -0.3 is 29.4 Å². The minimum Gasteiger partial charge on any atom is -0.465 e. The Morgan fingerprint density at radius 2 is 1.12 bits per heavy atom. The predicted octanol–water partition coefficient (Wildman–Crippen LogP) is 6.79. The molecular weight excluding hydrogens is 514 g/mol. The Balaban J connectivity index is 1.19. The molecule has 3 fully saturated rings. The molecule has 3 saturated heterocycles. The van der Waals surface area contributed by atoms with Gasteiger partial charge in [-0.3, -0.25) is 0 Å². The van der Waals surface area contributed by atoms with E-state index in [1.54, 1.807) is 0 Å². The van der Waals surface area contributed by atoms with Crippen LogP contribution >= 0.6 is 0 Å². The SMILES string of the molecule is OC(c1ccc2cc(OC3CCCCO3)ccc2c1)(c1ccc2cc(OC3CCCCO3)ccc2c1)[C@@H]1CCCN1. The summed E-state index contributed by atoms with van der Waals surface area (Å²) in [7, 11) is 0. The van der Waals surface area contributed by atoms with Crippen LogP contribution in [0.2, 0.25) is 0 Å². The van der Waals surface area contributed by atoms with Crippen LogP contribution in [-0.2, 0) is 15.1 Å². The Labute approximate surface area is 241 Å². The van der Waals surface area contributed by atoms with Gasteiger partial charge in [-0.05, 0) is 114 Å². The molecule has 6 nitrogen and oxygen atoms in total. The topological polar surface area (TPSA) is 69.2 Å². The Morgan fingerprint density at radius 1 is 0.610 bits per heavy atom. The van der Waals surface area contributed by atoms with Crippen LogP contribution in [0.3, 0.4) is 0 Å². The lowest BCUT2D eigenvalue weighted by molar-refractivity contribution is -0.106. The molecule has 3 heterocycles. The van der Waals surface area contributed by atoms with E-state index in [0.29, 0.717) is 0 Å². The van der Waals surface area contributed by atoms with Crippen molar-refractivity contribution in [1.82, 2.24) is 5.32 Å². The van der Waals surface area contributed by atoms with Gasteiger partial charge >= 0.3 is 0 Å². The first-order valence-corrected chi connectivity index (χ1v) is 15.3. The van der Waals surface area contributed by atoms with Crippen molar-refractivity contribution in [2.45, 2.75) is 75.6 Å². The zero-order valence-corrected chi connectivity index (χ0v) is 23.5.